The van der Waals surface area contributed by atoms with Gasteiger partial charge < -0.3 is 19.8 Å². The van der Waals surface area contributed by atoms with Gasteiger partial charge in [-0.1, -0.05) is 13.0 Å². The molecule has 2 amide bonds. The summed E-state index contributed by atoms with van der Waals surface area (Å²) in [4.78, 5) is 24.6. The zero-order valence-electron chi connectivity index (χ0n) is 17.2. The summed E-state index contributed by atoms with van der Waals surface area (Å²) < 4.78 is 10.6. The first-order chi connectivity index (χ1) is 15.0. The Morgan fingerprint density at radius 1 is 1.03 bits per heavy atom. The van der Waals surface area contributed by atoms with E-state index < -0.39 is 0 Å². The van der Waals surface area contributed by atoms with Crippen LogP contribution in [0.3, 0.4) is 0 Å². The molecule has 0 spiro atoms. The lowest BCUT2D eigenvalue weighted by atomic mass is 10.1. The second-order valence-electron chi connectivity index (χ2n) is 6.74. The van der Waals surface area contributed by atoms with Crippen molar-refractivity contribution in [3.63, 3.8) is 0 Å². The summed E-state index contributed by atoms with van der Waals surface area (Å²) in [5.41, 5.74) is 2.58. The predicted octanol–water partition coefficient (Wildman–Crippen LogP) is 4.76. The first-order valence-electron chi connectivity index (χ1n) is 9.77. The van der Waals surface area contributed by atoms with Crippen molar-refractivity contribution in [3.8, 4) is 5.75 Å². The molecule has 1 heterocycles. The Hall–Kier alpha value is -3.65. The van der Waals surface area contributed by atoms with Crippen LogP contribution in [-0.2, 0) is 0 Å². The Labute approximate surface area is 185 Å². The van der Waals surface area contributed by atoms with Gasteiger partial charge in [-0.25, -0.2) is 0 Å². The quantitative estimate of drug-likeness (QED) is 0.462. The van der Waals surface area contributed by atoms with Crippen LogP contribution in [0.2, 0.25) is 0 Å². The number of thiocarbonyl (C=S) groups is 1. The Balaban J connectivity index is 1.60. The number of ether oxygens (including phenoxy) is 1. The molecule has 0 atom stereocenters. The SMILES string of the molecule is CCCOc1ccc(C(=O)NC(=S)Nc2cc(NC(=O)c3ccco3)ccc2C)cc1. The minimum absolute atomic E-state index is 0.147. The Morgan fingerprint density at radius 3 is 2.48 bits per heavy atom. The van der Waals surface area contributed by atoms with Crippen molar-refractivity contribution in [2.75, 3.05) is 17.2 Å². The van der Waals surface area contributed by atoms with Crippen LogP contribution >= 0.6 is 12.2 Å². The van der Waals surface area contributed by atoms with Crippen LogP contribution in [0.5, 0.6) is 5.75 Å². The summed E-state index contributed by atoms with van der Waals surface area (Å²) in [5, 5.41) is 8.56. The number of nitrogens with one attached hydrogen (secondary N) is 3. The molecule has 7 nitrogen and oxygen atoms in total. The summed E-state index contributed by atoms with van der Waals surface area (Å²) >= 11 is 5.28. The summed E-state index contributed by atoms with van der Waals surface area (Å²) in [7, 11) is 0. The molecule has 0 saturated heterocycles. The minimum Gasteiger partial charge on any atom is -0.494 e. The van der Waals surface area contributed by atoms with Gasteiger partial charge in [0.05, 0.1) is 12.9 Å². The smallest absolute Gasteiger partial charge is 0.291 e. The van der Waals surface area contributed by atoms with Gasteiger partial charge in [0, 0.05) is 16.9 Å². The van der Waals surface area contributed by atoms with E-state index >= 15 is 0 Å². The number of carbonyl (C=O) groups is 2. The zero-order valence-corrected chi connectivity index (χ0v) is 18.0. The molecular weight excluding hydrogens is 414 g/mol. The van der Waals surface area contributed by atoms with E-state index in [1.54, 1.807) is 48.5 Å². The van der Waals surface area contributed by atoms with Gasteiger partial charge in [-0.3, -0.25) is 14.9 Å². The third-order valence-electron chi connectivity index (χ3n) is 4.31. The molecule has 0 aliphatic rings. The van der Waals surface area contributed by atoms with E-state index in [-0.39, 0.29) is 22.7 Å². The van der Waals surface area contributed by atoms with Crippen molar-refractivity contribution in [1.29, 1.82) is 0 Å². The van der Waals surface area contributed by atoms with Crippen molar-refractivity contribution in [3.05, 3.63) is 77.7 Å². The molecule has 0 fully saturated rings. The maximum atomic E-state index is 12.5. The second kappa shape index (κ2) is 10.4. The van der Waals surface area contributed by atoms with Gasteiger partial charge in [-0.2, -0.15) is 0 Å². The molecule has 160 valence electrons. The van der Waals surface area contributed by atoms with Crippen LogP contribution in [0.1, 0.15) is 39.8 Å². The first kappa shape index (κ1) is 22.0. The van der Waals surface area contributed by atoms with Crippen LogP contribution < -0.4 is 20.7 Å². The van der Waals surface area contributed by atoms with Gasteiger partial charge in [0.15, 0.2) is 10.9 Å². The molecule has 0 saturated carbocycles. The lowest BCUT2D eigenvalue weighted by molar-refractivity contribution is 0.0975. The van der Waals surface area contributed by atoms with E-state index in [1.807, 2.05) is 19.9 Å². The summed E-state index contributed by atoms with van der Waals surface area (Å²) in [6.07, 6.45) is 2.35. The predicted molar refractivity (Wildman–Crippen MR) is 124 cm³/mol. The van der Waals surface area contributed by atoms with Crippen molar-refractivity contribution in [2.45, 2.75) is 20.3 Å². The van der Waals surface area contributed by atoms with Crippen LogP contribution in [0.4, 0.5) is 11.4 Å². The van der Waals surface area contributed by atoms with Crippen LogP contribution in [0, 0.1) is 6.92 Å². The van der Waals surface area contributed by atoms with E-state index in [0.717, 1.165) is 12.0 Å². The van der Waals surface area contributed by atoms with Gasteiger partial charge in [0.25, 0.3) is 11.8 Å². The number of aryl methyl sites for hydroxylation is 1. The highest BCUT2D eigenvalue weighted by Crippen LogP contribution is 2.21. The van der Waals surface area contributed by atoms with Gasteiger partial charge in [0.2, 0.25) is 0 Å². The molecule has 1 aromatic heterocycles. The fraction of sp³-hybridized carbons (Fsp3) is 0.174. The molecule has 31 heavy (non-hydrogen) atoms. The molecule has 3 N–H and O–H groups in total. The maximum Gasteiger partial charge on any atom is 0.291 e. The normalized spacial score (nSPS) is 10.3. The van der Waals surface area contributed by atoms with Gasteiger partial charge in [-0.05, 0) is 79.7 Å². The van der Waals surface area contributed by atoms with E-state index in [0.29, 0.717) is 29.3 Å². The molecule has 3 aromatic rings. The fourth-order valence-electron chi connectivity index (χ4n) is 2.69. The molecule has 0 bridgehead atoms. The van der Waals surface area contributed by atoms with Gasteiger partial charge in [-0.15, -0.1) is 0 Å². The van der Waals surface area contributed by atoms with Crippen molar-refractivity contribution in [1.82, 2.24) is 5.32 Å². The number of carbonyl (C=O) groups excluding carboxylic acids is 2. The van der Waals surface area contributed by atoms with Gasteiger partial charge in [0.1, 0.15) is 5.75 Å². The van der Waals surface area contributed by atoms with E-state index in [9.17, 15) is 9.59 Å². The standard InChI is InChI=1S/C23H23N3O4S/c1-3-12-29-18-10-7-16(8-11-18)21(27)26-23(31)25-19-14-17(9-6-15(19)2)24-22(28)20-5-4-13-30-20/h4-11,13-14H,3,12H2,1-2H3,(H,24,28)(H2,25,26,27,31). The monoisotopic (exact) mass is 437 g/mol. The highest BCUT2D eigenvalue weighted by molar-refractivity contribution is 7.80. The third-order valence-corrected chi connectivity index (χ3v) is 4.51. The van der Waals surface area contributed by atoms with E-state index in [2.05, 4.69) is 16.0 Å². The number of furan rings is 1. The molecule has 8 heteroatoms. The fourth-order valence-corrected chi connectivity index (χ4v) is 2.89. The summed E-state index contributed by atoms with van der Waals surface area (Å²) in [5.74, 6) is 0.230. The number of hydrogen-bond donors (Lipinski definition) is 3. The van der Waals surface area contributed by atoms with Crippen molar-refractivity contribution >= 4 is 40.5 Å². The lowest BCUT2D eigenvalue weighted by Crippen LogP contribution is -2.34. The zero-order chi connectivity index (χ0) is 22.2. The molecule has 0 radical (unpaired) electrons. The van der Waals surface area contributed by atoms with Crippen molar-refractivity contribution in [2.24, 2.45) is 0 Å². The highest BCUT2D eigenvalue weighted by atomic mass is 32.1. The van der Waals surface area contributed by atoms with Crippen LogP contribution in [0.15, 0.2) is 65.3 Å². The lowest BCUT2D eigenvalue weighted by Gasteiger charge is -2.14. The Kier molecular flexibility index (Phi) is 7.40. The number of amides is 2. The number of rotatable bonds is 7. The maximum absolute atomic E-state index is 12.5. The summed E-state index contributed by atoms with van der Waals surface area (Å²) in [6.45, 7) is 4.54. The highest BCUT2D eigenvalue weighted by Gasteiger charge is 2.12. The van der Waals surface area contributed by atoms with E-state index in [1.165, 1.54) is 6.26 Å². The number of hydrogen-bond acceptors (Lipinski definition) is 5. The van der Waals surface area contributed by atoms with Crippen molar-refractivity contribution < 1.29 is 18.7 Å². The molecule has 0 aliphatic carbocycles. The number of anilines is 2. The van der Waals surface area contributed by atoms with Crippen LogP contribution in [0.25, 0.3) is 0 Å². The van der Waals surface area contributed by atoms with E-state index in [4.69, 9.17) is 21.4 Å². The molecular formula is C23H23N3O4S. The molecule has 0 unspecified atom stereocenters. The molecule has 0 aliphatic heterocycles. The largest absolute Gasteiger partial charge is 0.494 e. The summed E-state index contributed by atoms with van der Waals surface area (Å²) in [6, 6.07) is 15.4. The second-order valence-corrected chi connectivity index (χ2v) is 7.15. The third kappa shape index (κ3) is 6.16. The minimum atomic E-state index is -0.359. The Bertz CT molecular complexity index is 1060. The number of benzene rings is 2. The average molecular weight is 438 g/mol. The molecule has 2 aromatic carbocycles. The Morgan fingerprint density at radius 2 is 1.81 bits per heavy atom. The first-order valence-corrected chi connectivity index (χ1v) is 10.2. The van der Waals surface area contributed by atoms with Gasteiger partial charge >= 0.3 is 0 Å². The average Bonchev–Trinajstić information content (AvgIpc) is 3.30. The topological polar surface area (TPSA) is 92.6 Å². The molecule has 3 rings (SSSR count). The van der Waals surface area contributed by atoms with Crippen LogP contribution in [-0.4, -0.2) is 23.5 Å².